The van der Waals surface area contributed by atoms with Crippen LogP contribution in [0.1, 0.15) is 19.4 Å². The Morgan fingerprint density at radius 1 is 1.50 bits per heavy atom. The molecule has 0 heterocycles. The van der Waals surface area contributed by atoms with E-state index < -0.39 is 6.09 Å². The van der Waals surface area contributed by atoms with Crippen LogP contribution in [0, 0.1) is 6.92 Å². The van der Waals surface area contributed by atoms with Crippen molar-refractivity contribution in [3.8, 4) is 0 Å². The van der Waals surface area contributed by atoms with Crippen molar-refractivity contribution in [1.29, 1.82) is 0 Å². The largest absolute Gasteiger partial charge is 0.447 e. The van der Waals surface area contributed by atoms with Crippen molar-refractivity contribution in [3.63, 3.8) is 0 Å². The SMILES string of the molecule is Cc1cc(N)c(NC(=O)OC(C)C)c(Br)c1. The van der Waals surface area contributed by atoms with Crippen molar-refractivity contribution in [1.82, 2.24) is 0 Å². The molecule has 5 heteroatoms. The third kappa shape index (κ3) is 3.41. The van der Waals surface area contributed by atoms with Crippen molar-refractivity contribution in [2.45, 2.75) is 26.9 Å². The van der Waals surface area contributed by atoms with E-state index in [2.05, 4.69) is 21.2 Å². The minimum atomic E-state index is -0.508. The predicted octanol–water partition coefficient (Wildman–Crippen LogP) is 3.30. The van der Waals surface area contributed by atoms with Gasteiger partial charge in [-0.3, -0.25) is 5.32 Å². The van der Waals surface area contributed by atoms with E-state index in [9.17, 15) is 4.79 Å². The van der Waals surface area contributed by atoms with Crippen molar-refractivity contribution in [2.75, 3.05) is 11.1 Å². The number of halogens is 1. The molecule has 0 aliphatic carbocycles. The highest BCUT2D eigenvalue weighted by Crippen LogP contribution is 2.30. The summed E-state index contributed by atoms with van der Waals surface area (Å²) in [5.74, 6) is 0. The highest BCUT2D eigenvalue weighted by atomic mass is 79.9. The first-order valence-electron chi connectivity index (χ1n) is 4.93. The minimum Gasteiger partial charge on any atom is -0.447 e. The molecule has 0 saturated carbocycles. The second-order valence-corrected chi connectivity index (χ2v) is 4.64. The lowest BCUT2D eigenvalue weighted by Gasteiger charge is -2.13. The summed E-state index contributed by atoms with van der Waals surface area (Å²) in [7, 11) is 0. The van der Waals surface area contributed by atoms with Crippen LogP contribution in [0.4, 0.5) is 16.2 Å². The van der Waals surface area contributed by atoms with Crippen molar-refractivity contribution in [2.24, 2.45) is 0 Å². The van der Waals surface area contributed by atoms with Crippen LogP contribution in [-0.4, -0.2) is 12.2 Å². The summed E-state index contributed by atoms with van der Waals surface area (Å²) >= 11 is 3.34. The zero-order valence-corrected chi connectivity index (χ0v) is 11.1. The average molecular weight is 287 g/mol. The lowest BCUT2D eigenvalue weighted by Crippen LogP contribution is -2.19. The summed E-state index contributed by atoms with van der Waals surface area (Å²) in [5, 5.41) is 2.60. The molecule has 16 heavy (non-hydrogen) atoms. The molecule has 3 N–H and O–H groups in total. The highest BCUT2D eigenvalue weighted by Gasteiger charge is 2.11. The van der Waals surface area contributed by atoms with E-state index in [-0.39, 0.29) is 6.10 Å². The van der Waals surface area contributed by atoms with Crippen LogP contribution in [0.5, 0.6) is 0 Å². The standard InChI is InChI=1S/C11H15BrN2O2/c1-6(2)16-11(15)14-10-8(12)4-7(3)5-9(10)13/h4-6H,13H2,1-3H3,(H,14,15). The number of hydrogen-bond acceptors (Lipinski definition) is 3. The molecule has 0 aliphatic rings. The van der Waals surface area contributed by atoms with Crippen LogP contribution in [0.25, 0.3) is 0 Å². The summed E-state index contributed by atoms with van der Waals surface area (Å²) in [6, 6.07) is 3.66. The van der Waals surface area contributed by atoms with Crippen molar-refractivity contribution >= 4 is 33.4 Å². The Balaban J connectivity index is 2.85. The van der Waals surface area contributed by atoms with Crippen LogP contribution in [0.2, 0.25) is 0 Å². The first-order valence-corrected chi connectivity index (χ1v) is 5.72. The first kappa shape index (κ1) is 12.8. The summed E-state index contributed by atoms with van der Waals surface area (Å²) in [5.41, 5.74) is 7.87. The summed E-state index contributed by atoms with van der Waals surface area (Å²) in [6.45, 7) is 5.50. The topological polar surface area (TPSA) is 64.3 Å². The van der Waals surface area contributed by atoms with E-state index in [1.54, 1.807) is 19.9 Å². The Bertz CT molecular complexity index is 382. The smallest absolute Gasteiger partial charge is 0.411 e. The number of benzene rings is 1. The number of ether oxygens (including phenoxy) is 1. The van der Waals surface area contributed by atoms with E-state index in [0.717, 1.165) is 10.0 Å². The Kier molecular flexibility index (Phi) is 4.18. The molecule has 0 aliphatic heterocycles. The highest BCUT2D eigenvalue weighted by molar-refractivity contribution is 9.10. The zero-order chi connectivity index (χ0) is 12.3. The maximum Gasteiger partial charge on any atom is 0.411 e. The molecular formula is C11H15BrN2O2. The number of amides is 1. The summed E-state index contributed by atoms with van der Waals surface area (Å²) in [6.07, 6.45) is -0.670. The summed E-state index contributed by atoms with van der Waals surface area (Å²) in [4.78, 5) is 11.4. The van der Waals surface area contributed by atoms with E-state index in [1.165, 1.54) is 0 Å². The maximum absolute atomic E-state index is 11.4. The third-order valence-electron chi connectivity index (χ3n) is 1.83. The number of carbonyl (C=O) groups is 1. The molecule has 0 fully saturated rings. The molecule has 0 saturated heterocycles. The lowest BCUT2D eigenvalue weighted by molar-refractivity contribution is 0.130. The van der Waals surface area contributed by atoms with Crippen LogP contribution in [-0.2, 0) is 4.74 Å². The van der Waals surface area contributed by atoms with Crippen LogP contribution in [0.3, 0.4) is 0 Å². The van der Waals surface area contributed by atoms with E-state index in [0.29, 0.717) is 11.4 Å². The van der Waals surface area contributed by atoms with E-state index in [4.69, 9.17) is 10.5 Å². The fourth-order valence-corrected chi connectivity index (χ4v) is 1.94. The van der Waals surface area contributed by atoms with Gasteiger partial charge in [0.2, 0.25) is 0 Å². The number of hydrogen-bond donors (Lipinski definition) is 2. The first-order chi connectivity index (χ1) is 7.40. The zero-order valence-electron chi connectivity index (χ0n) is 9.50. The Morgan fingerprint density at radius 2 is 2.12 bits per heavy atom. The van der Waals surface area contributed by atoms with Crippen LogP contribution < -0.4 is 11.1 Å². The number of carbonyl (C=O) groups excluding carboxylic acids is 1. The van der Waals surface area contributed by atoms with Gasteiger partial charge >= 0.3 is 6.09 Å². The van der Waals surface area contributed by atoms with E-state index in [1.807, 2.05) is 13.0 Å². The van der Waals surface area contributed by atoms with Gasteiger partial charge in [0.1, 0.15) is 0 Å². The van der Waals surface area contributed by atoms with Gasteiger partial charge in [-0.2, -0.15) is 0 Å². The fourth-order valence-electron chi connectivity index (χ4n) is 1.25. The predicted molar refractivity (Wildman–Crippen MR) is 68.5 cm³/mol. The number of nitrogens with one attached hydrogen (secondary N) is 1. The fraction of sp³-hybridized carbons (Fsp3) is 0.364. The molecule has 0 radical (unpaired) electrons. The van der Waals surface area contributed by atoms with Gasteiger partial charge in [-0.25, -0.2) is 4.79 Å². The molecule has 1 rings (SSSR count). The number of nitrogens with two attached hydrogens (primary N) is 1. The number of rotatable bonds is 2. The molecule has 1 aromatic carbocycles. The number of anilines is 2. The number of nitrogen functional groups attached to an aromatic ring is 1. The molecule has 1 aromatic rings. The van der Waals surface area contributed by atoms with Crippen LogP contribution >= 0.6 is 15.9 Å². The normalized spacial score (nSPS) is 10.3. The van der Waals surface area contributed by atoms with Crippen molar-refractivity contribution < 1.29 is 9.53 Å². The quantitative estimate of drug-likeness (QED) is 0.820. The van der Waals surface area contributed by atoms with Gasteiger partial charge in [0.25, 0.3) is 0 Å². The lowest BCUT2D eigenvalue weighted by atomic mass is 10.2. The molecule has 0 atom stereocenters. The summed E-state index contributed by atoms with van der Waals surface area (Å²) < 4.78 is 5.71. The number of aryl methyl sites for hydroxylation is 1. The average Bonchev–Trinajstić information content (AvgIpc) is 2.09. The molecule has 4 nitrogen and oxygen atoms in total. The molecule has 1 amide bonds. The van der Waals surface area contributed by atoms with Gasteiger partial charge < -0.3 is 10.5 Å². The van der Waals surface area contributed by atoms with Gasteiger partial charge in [0.05, 0.1) is 17.5 Å². The van der Waals surface area contributed by atoms with Gasteiger partial charge in [0, 0.05) is 4.47 Å². The molecule has 0 bridgehead atoms. The Hall–Kier alpha value is -1.23. The molecule has 88 valence electrons. The van der Waals surface area contributed by atoms with Crippen molar-refractivity contribution in [3.05, 3.63) is 22.2 Å². The second-order valence-electron chi connectivity index (χ2n) is 3.79. The van der Waals surface area contributed by atoms with Gasteiger partial charge in [-0.05, 0) is 54.4 Å². The second kappa shape index (κ2) is 5.21. The van der Waals surface area contributed by atoms with Gasteiger partial charge in [0.15, 0.2) is 0 Å². The molecular weight excluding hydrogens is 272 g/mol. The minimum absolute atomic E-state index is 0.162. The third-order valence-corrected chi connectivity index (χ3v) is 2.46. The van der Waals surface area contributed by atoms with Crippen LogP contribution in [0.15, 0.2) is 16.6 Å². The molecule has 0 unspecified atom stereocenters. The Morgan fingerprint density at radius 3 is 2.62 bits per heavy atom. The Labute approximate surface area is 103 Å². The monoisotopic (exact) mass is 286 g/mol. The molecule has 0 aromatic heterocycles. The van der Waals surface area contributed by atoms with Gasteiger partial charge in [-0.15, -0.1) is 0 Å². The molecule has 0 spiro atoms. The maximum atomic E-state index is 11.4. The van der Waals surface area contributed by atoms with E-state index >= 15 is 0 Å². The van der Waals surface area contributed by atoms with Gasteiger partial charge in [-0.1, -0.05) is 0 Å².